The van der Waals surface area contributed by atoms with Crippen LogP contribution < -0.4 is 28.4 Å². The average molecular weight is 1830 g/mol. The maximum Gasteiger partial charge on any atom is 0.118 e. The molecule has 6 aromatic rings. The van der Waals surface area contributed by atoms with Crippen LogP contribution in [0.1, 0.15) is 447 Å². The van der Waals surface area contributed by atoms with Gasteiger partial charge in [-0.1, -0.05) is 195 Å². The highest BCUT2D eigenvalue weighted by molar-refractivity contribution is 5.37. The molecule has 6 N–H and O–H groups in total. The van der Waals surface area contributed by atoms with Crippen molar-refractivity contribution >= 4 is 0 Å². The normalized spacial score (nSPS) is 52.5. The van der Waals surface area contributed by atoms with Crippen LogP contribution in [0.4, 0.5) is 0 Å². The van der Waals surface area contributed by atoms with Crippen molar-refractivity contribution in [3.8, 4) is 34.5 Å². The standard InChI is InChI=1S/C18H29NO2.5C17H27NO2.CH4/c1-14-6-5-11-18(20,12-14)17(13-19(2)3)15-7-9-16(21-4)10-8-15;5*1-18(2)13-16(17(19)11-5-4-6-12-17)14-7-9-15(20-3)10-8-14;/h7-10,14,17,20H,5-6,11-13H2,1-4H3;5*7-10,16,19H,4-6,11-13H2,1-3H3;1H4/i2D3,3D3,4D3,5D2,6D2,7D,8D,9D,10D,11D2,12D2,13D2,14D,17D;1D3,3D3,4D2,5D2,6D2,7D,8D,9D,10D,11D2,12D2,13D2,16D;1D3,2D3,3D3,4D2,5D2,6D2,7D,8D,9D,10D,11D2,12D2,16D;3D3,4D2,5D2,6D2,7D,8D,9D,10D,11D2,12D2,13D2,16D;1D3,3D3,4D2,5D2,6D2,7D,8D,9D,10D,11D2,12D2,16D;3D3,4D2,5D2,6D2,7D,8D,9D,10D,11D2,12D2,16D;. The first-order valence-electron chi connectivity index (χ1n) is 98.2. The van der Waals surface area contributed by atoms with Gasteiger partial charge < -0.3 is 88.5 Å². The first kappa shape index (κ1) is 24.0. The summed E-state index contributed by atoms with van der Waals surface area (Å²) in [5.41, 5.74) is -38.1. The number of rotatable bonds is 30. The Balaban J connectivity index is 0.000000451. The van der Waals surface area contributed by atoms with Gasteiger partial charge in [-0.25, -0.2) is 0 Å². The zero-order valence-electron chi connectivity index (χ0n) is 194. The Morgan fingerprint density at radius 1 is 0.311 bits per heavy atom. The number of hydrogen-bond donors (Lipinski definition) is 6. The minimum atomic E-state index is -5.05. The van der Waals surface area contributed by atoms with Gasteiger partial charge in [0.05, 0.1) is 133 Å². The Morgan fingerprint density at radius 3 is 0.770 bits per heavy atom. The van der Waals surface area contributed by atoms with Crippen molar-refractivity contribution < 1.29 is 239 Å². The molecule has 6 aromatic carbocycles. The molecule has 6 fully saturated rings. The van der Waals surface area contributed by atoms with Gasteiger partial charge >= 0.3 is 0 Å². The molecule has 8 atom stereocenters. The third-order valence-corrected chi connectivity index (χ3v) is 14.2. The van der Waals surface area contributed by atoms with Gasteiger partial charge in [0.15, 0.2) is 0 Å². The van der Waals surface area contributed by atoms with Gasteiger partial charge in [0.25, 0.3) is 0 Å². The first-order chi connectivity index (χ1) is 109. The Labute approximate surface area is 924 Å². The van der Waals surface area contributed by atoms with E-state index in [1.165, 1.54) is 14.1 Å². The Morgan fingerprint density at radius 2 is 0.525 bits per heavy atom. The second kappa shape index (κ2) is 51.4. The van der Waals surface area contributed by atoms with E-state index in [1.54, 1.807) is 0 Å². The van der Waals surface area contributed by atoms with Gasteiger partial charge in [-0.05, 0) is 272 Å². The number of ether oxygens (including phenoxy) is 6. The first-order valence-corrected chi connectivity index (χ1v) is 32.7. The molecule has 0 amide bonds. The van der Waals surface area contributed by atoms with Crippen LogP contribution in [0, 0.1) is 5.89 Å². The van der Waals surface area contributed by atoms with Crippen molar-refractivity contribution in [2.45, 2.75) is 268 Å². The average Bonchev–Trinajstić information content (AvgIpc) is 0.647. The molecule has 6 aliphatic carbocycles. The lowest BCUT2D eigenvalue weighted by Gasteiger charge is -2.43. The third-order valence-electron chi connectivity index (χ3n) is 14.2. The lowest BCUT2D eigenvalue weighted by atomic mass is 9.69. The lowest BCUT2D eigenvalue weighted by Crippen LogP contribution is -2.44. The SMILES string of the molecule is C.[2H]c1c([2H])c(C([2H])(C([2H])([2H])N(C([2H])([2H])[2H])C([2H])([2H])[2H])C2(O)C([2H])([2H])C([2H])([2H])C([2H])([2H])C([2H])(C)C2([2H])[2H])c([2H])c([2H])c1OC([2H])([2H])[2H].[2H]c1c([2H])c(C([2H])(C([2H])([2H])N(C)C([2H])([2H])[2H])C2(O)C([2H])([2H])C([2H])([2H])C([2H])([2H])C([2H])([2H])C2([2H])[2H])c([2H])c([2H])c1OC([2H])([2H])[2H].[2H]c1c([2H])c(C([2H])(C([2H])([2H])N(C)C)C2(O)C([2H])([2H])C([2H])([2H])C([2H])([2H])C([2H])([2H])C2([2H])[2H])c([2H])c([2H])c1OC([2H])([2H])[2H].[2H]c1c([2H])c(C([2H])(CN(C([2H])([2H])[2H])C([2H])([2H])[2H])C2(O)C([2H])([2H])C([2H])([2H])C([2H])([2H])C([2H])([2H])C2([2H])[2H])c([2H])c([2H])c1OC([2H])([2H])[2H].[2H]c1c([2H])c(C([2H])(CN(C)C([2H])([2H])[2H])C2(O)C([2H])([2H])C([2H])([2H])C([2H])([2H])C([2H])([2H])C2([2H])[2H])c([2H])c([2H])c1OC([2H])([2H])[2H].[2H]c1c([2H])c(C([2H])(CN(C)C)C2(O)C([2H])([2H])C([2H])([2H])C([2H])([2H])C([2H])([2H])C2([2H])[2H])c([2H])c([2H])c1OC([2H])([2H])[2H]. The van der Waals surface area contributed by atoms with E-state index in [0.29, 0.717) is 11.9 Å². The van der Waals surface area contributed by atoms with Crippen molar-refractivity contribution in [3.63, 3.8) is 0 Å². The topological polar surface area (TPSA) is 196 Å². The molecule has 12 rings (SSSR count). The summed E-state index contributed by atoms with van der Waals surface area (Å²) in [4.78, 5) is -0.433. The number of aliphatic hydroxyl groups is 6. The predicted molar refractivity (Wildman–Crippen MR) is 505 cm³/mol. The molecule has 0 spiro atoms. The third kappa shape index (κ3) is 32.2. The Hall–Kier alpha value is -6.36. The minimum absolute atomic E-state index is 0. The molecular formula is C104H168N6O12. The molecule has 6 aliphatic rings. The van der Waals surface area contributed by atoms with Crippen molar-refractivity contribution in [2.75, 3.05) is 165 Å². The lowest BCUT2D eigenvalue weighted by molar-refractivity contribution is -0.0423. The molecule has 8 unspecified atom stereocenters. The van der Waals surface area contributed by atoms with E-state index in [9.17, 15) is 38.9 Å². The number of hydrogen-bond acceptors (Lipinski definition) is 18. The van der Waals surface area contributed by atoms with Gasteiger partial charge in [-0.3, -0.25) is 0 Å². The van der Waals surface area contributed by atoms with Gasteiger partial charge in [0.2, 0.25) is 0 Å². The van der Waals surface area contributed by atoms with Crippen LogP contribution in [-0.4, -0.2) is 259 Å². The van der Waals surface area contributed by atoms with Crippen LogP contribution in [0.15, 0.2) is 145 Å². The molecule has 0 radical (unpaired) electrons. The molecule has 686 valence electrons. The van der Waals surface area contributed by atoms with Gasteiger partial charge in [-0.2, -0.15) is 0 Å². The highest BCUT2D eigenvalue weighted by Gasteiger charge is 2.45. The van der Waals surface area contributed by atoms with Gasteiger partial charge in [0, 0.05) is 196 Å². The largest absolute Gasteiger partial charge is 0.497 e. The molecule has 18 heteroatoms. The second-order valence-corrected chi connectivity index (χ2v) is 23.7. The summed E-state index contributed by atoms with van der Waals surface area (Å²) in [6.45, 7) is -40.6. The van der Waals surface area contributed by atoms with Crippen LogP contribution in [0.25, 0.3) is 0 Å². The van der Waals surface area contributed by atoms with E-state index in [-0.39, 0.29) is 24.2 Å². The predicted octanol–water partition coefficient (Wildman–Crippen LogP) is 19.1. The quantitative estimate of drug-likeness (QED) is 0.0249. The highest BCUT2D eigenvalue weighted by Crippen LogP contribution is 2.48. The smallest absolute Gasteiger partial charge is 0.118 e. The maximum atomic E-state index is 12.3. The number of likely N-dealkylation sites (N-methyl/N-ethyl adjacent to an activating group) is 6. The van der Waals surface area contributed by atoms with E-state index in [2.05, 4.69) is 28.4 Å². The summed E-state index contributed by atoms with van der Waals surface area (Å²) < 4.78 is 1090. The number of methoxy groups -OCH3 is 6. The summed E-state index contributed by atoms with van der Waals surface area (Å²) in [6, 6.07) is -35.8. The molecule has 0 bridgehead atoms. The summed E-state index contributed by atoms with van der Waals surface area (Å²) in [5, 5.41) is 72.4. The van der Waals surface area contributed by atoms with Gasteiger partial charge in [0.1, 0.15) is 34.5 Å². The van der Waals surface area contributed by atoms with Crippen LogP contribution in [0.2, 0.25) is 0 Å². The van der Waals surface area contributed by atoms with Crippen molar-refractivity contribution in [2.24, 2.45) is 5.89 Å². The molecule has 0 heterocycles. The van der Waals surface area contributed by atoms with Crippen LogP contribution >= 0.6 is 0 Å². The van der Waals surface area contributed by atoms with Crippen molar-refractivity contribution in [3.05, 3.63) is 178 Å². The molecule has 0 aliphatic heterocycles. The molecule has 18 nitrogen and oxygen atoms in total. The molecule has 6 saturated carbocycles. The molecule has 0 aromatic heterocycles. The fourth-order valence-electron chi connectivity index (χ4n) is 9.14. The second-order valence-electron chi connectivity index (χ2n) is 23.7. The zero-order valence-corrected chi connectivity index (χ0v) is 63.4. The Kier molecular flexibility index (Phi) is 10.1. The minimum Gasteiger partial charge on any atom is -0.497 e. The van der Waals surface area contributed by atoms with E-state index in [1.807, 2.05) is 0 Å². The van der Waals surface area contributed by atoms with E-state index >= 15 is 0 Å². The number of benzene rings is 6. The van der Waals surface area contributed by atoms with E-state index < -0.39 is 606 Å². The molecular weight excluding hydrogens is 1530 g/mol. The van der Waals surface area contributed by atoms with Gasteiger partial charge in [-0.15, -0.1) is 0 Å². The number of nitrogens with zero attached hydrogens (tertiary/aromatic N) is 6. The van der Waals surface area contributed by atoms with Crippen molar-refractivity contribution in [1.82, 2.24) is 29.4 Å². The van der Waals surface area contributed by atoms with E-state index in [0.717, 1.165) is 26.0 Å². The zero-order chi connectivity index (χ0) is 203. The molecule has 122 heavy (non-hydrogen) atoms. The highest BCUT2D eigenvalue weighted by atomic mass is 16.5. The van der Waals surface area contributed by atoms with Crippen molar-refractivity contribution in [1.29, 1.82) is 0 Å². The summed E-state index contributed by atoms with van der Waals surface area (Å²) in [7, 11) is -14.9. The fourth-order valence-corrected chi connectivity index (χ4v) is 9.14. The fraction of sp³-hybridized carbons (Fsp3) is 0.654. The Bertz CT molecular complexity index is 10000. The summed E-state index contributed by atoms with van der Waals surface area (Å²) >= 11 is 0. The summed E-state index contributed by atoms with van der Waals surface area (Å²) in [5.74, 6) is -36.8. The molecule has 0 saturated heterocycles. The van der Waals surface area contributed by atoms with Crippen LogP contribution in [-0.2, 0) is 0 Å². The summed E-state index contributed by atoms with van der Waals surface area (Å²) in [6.07, 6.45) is -125. The maximum absolute atomic E-state index is 12.3. The monoisotopic (exact) mass is 1830 g/mol. The van der Waals surface area contributed by atoms with Crippen LogP contribution in [0.5, 0.6) is 34.5 Å². The van der Waals surface area contributed by atoms with Crippen LogP contribution in [0.3, 0.4) is 0 Å². The van der Waals surface area contributed by atoms with E-state index in [4.69, 9.17) is 171 Å².